The van der Waals surface area contributed by atoms with E-state index in [1.54, 1.807) is 0 Å². The Morgan fingerprint density at radius 2 is 1.70 bits per heavy atom. The van der Waals surface area contributed by atoms with Gasteiger partial charge in [0, 0.05) is 11.4 Å². The number of aromatic nitrogens is 3. The molecular weight excluding hydrogens is 430 g/mol. The van der Waals surface area contributed by atoms with Gasteiger partial charge in [-0.2, -0.15) is 0 Å². The average molecular weight is 464 g/mol. The number of benzene rings is 2. The summed E-state index contributed by atoms with van der Waals surface area (Å²) in [6.07, 6.45) is 3.77. The molecule has 1 aromatic heterocycles. The maximum absolute atomic E-state index is 13.1. The first-order chi connectivity index (χ1) is 15.9. The standard InChI is InChI=1S/C26H33N5OS/c1-18-15-19(2)24(20(3)16-18)27-25(32)21(4)33-26-29-28-23(17-30-13-9-6-10-14-30)31(26)22-11-7-5-8-12-22/h5,7-8,11-12,15-16,21H,6,9-10,13-14,17H2,1-4H3,(H,27,32). The minimum Gasteiger partial charge on any atom is -0.325 e. The highest BCUT2D eigenvalue weighted by Crippen LogP contribution is 2.29. The van der Waals surface area contributed by atoms with Crippen molar-refractivity contribution < 1.29 is 4.79 Å². The summed E-state index contributed by atoms with van der Waals surface area (Å²) in [4.78, 5) is 15.5. The van der Waals surface area contributed by atoms with Crippen LogP contribution in [0.4, 0.5) is 5.69 Å². The summed E-state index contributed by atoms with van der Waals surface area (Å²) in [7, 11) is 0. The lowest BCUT2D eigenvalue weighted by Crippen LogP contribution is -2.30. The zero-order valence-corrected chi connectivity index (χ0v) is 20.8. The van der Waals surface area contributed by atoms with E-state index in [4.69, 9.17) is 0 Å². The molecule has 1 N–H and O–H groups in total. The van der Waals surface area contributed by atoms with E-state index in [1.165, 1.54) is 36.6 Å². The molecule has 1 amide bonds. The number of likely N-dealkylation sites (tertiary alicyclic amines) is 1. The van der Waals surface area contributed by atoms with Crippen LogP contribution in [0.2, 0.25) is 0 Å². The van der Waals surface area contributed by atoms with E-state index in [0.29, 0.717) is 0 Å². The normalized spacial score (nSPS) is 15.4. The first-order valence-electron chi connectivity index (χ1n) is 11.7. The van der Waals surface area contributed by atoms with Crippen molar-refractivity contribution >= 4 is 23.4 Å². The highest BCUT2D eigenvalue weighted by atomic mass is 32.2. The van der Waals surface area contributed by atoms with E-state index in [1.807, 2.05) is 39.0 Å². The summed E-state index contributed by atoms with van der Waals surface area (Å²) in [6, 6.07) is 14.4. The van der Waals surface area contributed by atoms with Crippen LogP contribution in [0.3, 0.4) is 0 Å². The van der Waals surface area contributed by atoms with Crippen LogP contribution in [-0.4, -0.2) is 43.9 Å². The number of nitrogens with zero attached hydrogens (tertiary/aromatic N) is 4. The Kier molecular flexibility index (Phi) is 7.50. The van der Waals surface area contributed by atoms with Crippen LogP contribution in [0.5, 0.6) is 0 Å². The second-order valence-corrected chi connectivity index (χ2v) is 10.2. The van der Waals surface area contributed by atoms with Crippen molar-refractivity contribution in [3.05, 3.63) is 65.0 Å². The monoisotopic (exact) mass is 463 g/mol. The second kappa shape index (κ2) is 10.5. The topological polar surface area (TPSA) is 63.1 Å². The number of hydrogen-bond donors (Lipinski definition) is 1. The van der Waals surface area contributed by atoms with Gasteiger partial charge < -0.3 is 5.32 Å². The maximum atomic E-state index is 13.1. The van der Waals surface area contributed by atoms with E-state index in [9.17, 15) is 4.79 Å². The Morgan fingerprint density at radius 1 is 1.03 bits per heavy atom. The molecule has 7 heteroatoms. The molecule has 0 aliphatic carbocycles. The number of amides is 1. The van der Waals surface area contributed by atoms with Crippen molar-refractivity contribution in [1.82, 2.24) is 19.7 Å². The van der Waals surface area contributed by atoms with Gasteiger partial charge in [-0.05, 0) is 76.9 Å². The highest BCUT2D eigenvalue weighted by molar-refractivity contribution is 8.00. The molecule has 1 unspecified atom stereocenters. The van der Waals surface area contributed by atoms with Crippen molar-refractivity contribution in [2.24, 2.45) is 0 Å². The van der Waals surface area contributed by atoms with Gasteiger partial charge in [-0.15, -0.1) is 10.2 Å². The van der Waals surface area contributed by atoms with E-state index < -0.39 is 0 Å². The smallest absolute Gasteiger partial charge is 0.237 e. The number of anilines is 1. The summed E-state index contributed by atoms with van der Waals surface area (Å²) in [6.45, 7) is 11.0. The SMILES string of the molecule is Cc1cc(C)c(NC(=O)C(C)Sc2nnc(CN3CCCCC3)n2-c2ccccc2)c(C)c1. The molecule has 1 aliphatic heterocycles. The van der Waals surface area contributed by atoms with Gasteiger partial charge in [-0.3, -0.25) is 14.3 Å². The molecule has 3 aromatic rings. The first-order valence-corrected chi connectivity index (χ1v) is 12.6. The molecule has 1 atom stereocenters. The maximum Gasteiger partial charge on any atom is 0.237 e. The van der Waals surface area contributed by atoms with Crippen molar-refractivity contribution in [1.29, 1.82) is 0 Å². The molecule has 1 aliphatic rings. The van der Waals surface area contributed by atoms with Gasteiger partial charge in [0.05, 0.1) is 11.8 Å². The van der Waals surface area contributed by atoms with Crippen LogP contribution in [-0.2, 0) is 11.3 Å². The molecule has 174 valence electrons. The van der Waals surface area contributed by atoms with E-state index >= 15 is 0 Å². The lowest BCUT2D eigenvalue weighted by molar-refractivity contribution is -0.115. The number of carbonyl (C=O) groups excluding carboxylic acids is 1. The Labute approximate surface area is 200 Å². The molecule has 0 saturated carbocycles. The number of nitrogens with one attached hydrogen (secondary N) is 1. The summed E-state index contributed by atoms with van der Waals surface area (Å²) >= 11 is 1.45. The van der Waals surface area contributed by atoms with Crippen LogP contribution in [0.15, 0.2) is 47.6 Å². The zero-order chi connectivity index (χ0) is 23.4. The lowest BCUT2D eigenvalue weighted by Gasteiger charge is -2.26. The van der Waals surface area contributed by atoms with Gasteiger partial charge in [0.1, 0.15) is 0 Å². The molecule has 2 aromatic carbocycles. The predicted octanol–water partition coefficient (Wildman–Crippen LogP) is 5.30. The van der Waals surface area contributed by atoms with Gasteiger partial charge in [0.2, 0.25) is 5.91 Å². The number of para-hydroxylation sites is 1. The second-order valence-electron chi connectivity index (χ2n) is 8.93. The fraction of sp³-hybridized carbons (Fsp3) is 0.423. The minimum atomic E-state index is -0.320. The number of aryl methyl sites for hydroxylation is 3. The minimum absolute atomic E-state index is 0.0322. The molecule has 0 bridgehead atoms. The summed E-state index contributed by atoms with van der Waals surface area (Å²) < 4.78 is 2.10. The third-order valence-electron chi connectivity index (χ3n) is 6.11. The van der Waals surface area contributed by atoms with Crippen LogP contribution >= 0.6 is 11.8 Å². The van der Waals surface area contributed by atoms with Crippen LogP contribution < -0.4 is 5.32 Å². The first kappa shape index (κ1) is 23.5. The summed E-state index contributed by atoms with van der Waals surface area (Å²) in [5.74, 6) is 0.888. The van der Waals surface area contributed by atoms with Gasteiger partial charge in [0.25, 0.3) is 0 Å². The van der Waals surface area contributed by atoms with Crippen molar-refractivity contribution in [3.63, 3.8) is 0 Å². The predicted molar refractivity (Wildman–Crippen MR) is 135 cm³/mol. The Morgan fingerprint density at radius 3 is 2.36 bits per heavy atom. The Balaban J connectivity index is 1.55. The molecule has 2 heterocycles. The average Bonchev–Trinajstić information content (AvgIpc) is 3.19. The fourth-order valence-corrected chi connectivity index (χ4v) is 5.33. The molecule has 0 spiro atoms. The zero-order valence-electron chi connectivity index (χ0n) is 20.0. The molecule has 0 radical (unpaired) electrons. The van der Waals surface area contributed by atoms with Gasteiger partial charge in [-0.25, -0.2) is 0 Å². The quantitative estimate of drug-likeness (QED) is 0.482. The lowest BCUT2D eigenvalue weighted by atomic mass is 10.1. The van der Waals surface area contributed by atoms with Crippen LogP contribution in [0, 0.1) is 20.8 Å². The largest absolute Gasteiger partial charge is 0.325 e. The Bertz CT molecular complexity index is 1080. The highest BCUT2D eigenvalue weighted by Gasteiger charge is 2.23. The molecular formula is C26H33N5OS. The molecule has 4 rings (SSSR count). The summed E-state index contributed by atoms with van der Waals surface area (Å²) in [5, 5.41) is 12.6. The third-order valence-corrected chi connectivity index (χ3v) is 7.15. The van der Waals surface area contributed by atoms with Gasteiger partial charge >= 0.3 is 0 Å². The van der Waals surface area contributed by atoms with Gasteiger partial charge in [0.15, 0.2) is 11.0 Å². The van der Waals surface area contributed by atoms with Crippen molar-refractivity contribution in [2.75, 3.05) is 18.4 Å². The van der Waals surface area contributed by atoms with E-state index in [2.05, 4.69) is 56.2 Å². The van der Waals surface area contributed by atoms with Gasteiger partial charge in [-0.1, -0.05) is 54.1 Å². The molecule has 1 fully saturated rings. The number of rotatable bonds is 7. The number of hydrogen-bond acceptors (Lipinski definition) is 5. The Hall–Kier alpha value is -2.64. The molecule has 33 heavy (non-hydrogen) atoms. The fourth-order valence-electron chi connectivity index (χ4n) is 4.45. The van der Waals surface area contributed by atoms with E-state index in [-0.39, 0.29) is 11.2 Å². The van der Waals surface area contributed by atoms with E-state index in [0.717, 1.165) is 53.1 Å². The number of thioether (sulfide) groups is 1. The third kappa shape index (κ3) is 5.65. The van der Waals surface area contributed by atoms with Crippen molar-refractivity contribution in [3.8, 4) is 5.69 Å². The number of carbonyl (C=O) groups is 1. The van der Waals surface area contributed by atoms with Crippen LogP contribution in [0.1, 0.15) is 48.7 Å². The molecule has 1 saturated heterocycles. The summed E-state index contributed by atoms with van der Waals surface area (Å²) in [5.41, 5.74) is 5.27. The van der Waals surface area contributed by atoms with Crippen LogP contribution in [0.25, 0.3) is 5.69 Å². The number of piperidine rings is 1. The molecule has 6 nitrogen and oxygen atoms in total. The van der Waals surface area contributed by atoms with Crippen molar-refractivity contribution in [2.45, 2.75) is 63.9 Å².